The number of non-ortho nitro benzene ring substituents is 2. The van der Waals surface area contributed by atoms with Crippen LogP contribution in [0, 0.1) is 20.2 Å². The minimum Gasteiger partial charge on any atom is -0.481 e. The van der Waals surface area contributed by atoms with Gasteiger partial charge in [-0.15, -0.1) is 0 Å². The summed E-state index contributed by atoms with van der Waals surface area (Å²) < 4.78 is 5.38. The van der Waals surface area contributed by atoms with Crippen LogP contribution in [0.4, 0.5) is 22.7 Å². The Balaban J connectivity index is 1.89. The third-order valence-electron chi connectivity index (χ3n) is 4.06. The van der Waals surface area contributed by atoms with Crippen LogP contribution in [0.3, 0.4) is 0 Å². The molecule has 0 bridgehead atoms. The molecule has 11 heteroatoms. The van der Waals surface area contributed by atoms with Crippen LogP contribution in [-0.2, 0) is 4.79 Å². The van der Waals surface area contributed by atoms with Crippen LogP contribution in [0.2, 0.25) is 0 Å². The van der Waals surface area contributed by atoms with Gasteiger partial charge in [-0.1, -0.05) is 0 Å². The number of nitrogens with one attached hydrogen (secondary N) is 1. The predicted octanol–water partition coefficient (Wildman–Crippen LogP) is 2.50. The Kier molecular flexibility index (Phi) is 4.90. The lowest BCUT2D eigenvalue weighted by molar-refractivity contribution is -0.394. The first-order chi connectivity index (χ1) is 13.3. The topological polar surface area (TPSA) is 145 Å². The van der Waals surface area contributed by atoms with Gasteiger partial charge in [-0.3, -0.25) is 29.8 Å². The number of anilines is 2. The van der Waals surface area contributed by atoms with Crippen molar-refractivity contribution in [1.82, 2.24) is 0 Å². The predicted molar refractivity (Wildman–Crippen MR) is 97.7 cm³/mol. The summed E-state index contributed by atoms with van der Waals surface area (Å²) in [7, 11) is 0. The monoisotopic (exact) mass is 386 g/mol. The molecule has 2 aromatic carbocycles. The van der Waals surface area contributed by atoms with Crippen molar-refractivity contribution in [3.63, 3.8) is 0 Å². The van der Waals surface area contributed by atoms with Crippen molar-refractivity contribution < 1.29 is 24.2 Å². The number of fused-ring (bicyclic) bond motifs is 1. The number of rotatable bonds is 5. The maximum atomic E-state index is 12.4. The number of nitro benzene ring substituents is 2. The summed E-state index contributed by atoms with van der Waals surface area (Å²) in [6.45, 7) is 2.14. The molecule has 0 saturated heterocycles. The van der Waals surface area contributed by atoms with Crippen LogP contribution < -0.4 is 15.0 Å². The molecule has 0 aromatic heterocycles. The van der Waals surface area contributed by atoms with Gasteiger partial charge in [0.05, 0.1) is 27.2 Å². The van der Waals surface area contributed by atoms with Crippen molar-refractivity contribution in [2.75, 3.05) is 23.4 Å². The molecule has 2 aromatic rings. The zero-order valence-electron chi connectivity index (χ0n) is 14.6. The van der Waals surface area contributed by atoms with E-state index < -0.39 is 27.1 Å². The van der Waals surface area contributed by atoms with Gasteiger partial charge in [-0.05, 0) is 19.1 Å². The van der Waals surface area contributed by atoms with Crippen molar-refractivity contribution >= 4 is 34.6 Å². The lowest BCUT2D eigenvalue weighted by atomic mass is 10.1. The summed E-state index contributed by atoms with van der Waals surface area (Å²) in [5, 5.41) is 24.4. The maximum Gasteiger partial charge on any atom is 0.277 e. The lowest BCUT2D eigenvalue weighted by Gasteiger charge is -2.28. The van der Waals surface area contributed by atoms with Crippen LogP contribution in [0.15, 0.2) is 36.4 Å². The first-order valence-electron chi connectivity index (χ1n) is 8.12. The standard InChI is InChI=1S/C17H14N4O7/c1-2-19-14-4-3-11(7-15(14)28-9-16(19)22)18-17(23)10-5-12(20(24)25)8-13(6-10)21(26)27/h3-8H,2,9H2,1H3,(H,18,23). The molecule has 0 saturated carbocycles. The highest BCUT2D eigenvalue weighted by molar-refractivity contribution is 6.05. The number of carbonyl (C=O) groups excluding carboxylic acids is 2. The fourth-order valence-electron chi connectivity index (χ4n) is 2.77. The third kappa shape index (κ3) is 3.58. The van der Waals surface area contributed by atoms with Gasteiger partial charge < -0.3 is 15.0 Å². The van der Waals surface area contributed by atoms with E-state index in [0.717, 1.165) is 18.2 Å². The smallest absolute Gasteiger partial charge is 0.277 e. The number of carbonyl (C=O) groups is 2. The van der Waals surface area contributed by atoms with Crippen LogP contribution in [0.5, 0.6) is 5.75 Å². The van der Waals surface area contributed by atoms with E-state index in [4.69, 9.17) is 4.74 Å². The molecule has 11 nitrogen and oxygen atoms in total. The van der Waals surface area contributed by atoms with Crippen molar-refractivity contribution in [2.24, 2.45) is 0 Å². The molecular formula is C17H14N4O7. The van der Waals surface area contributed by atoms with Crippen molar-refractivity contribution in [2.45, 2.75) is 6.92 Å². The maximum absolute atomic E-state index is 12.4. The van der Waals surface area contributed by atoms with Crippen molar-refractivity contribution in [3.05, 3.63) is 62.2 Å². The van der Waals surface area contributed by atoms with Gasteiger partial charge in [-0.25, -0.2) is 0 Å². The number of hydrogen-bond donors (Lipinski definition) is 1. The number of nitro groups is 2. The minimum atomic E-state index is -0.813. The molecule has 0 radical (unpaired) electrons. The summed E-state index contributed by atoms with van der Waals surface area (Å²) in [4.78, 5) is 46.1. The Labute approximate surface area is 157 Å². The Morgan fingerprint density at radius 1 is 1.14 bits per heavy atom. The van der Waals surface area contributed by atoms with Gasteiger partial charge in [0.1, 0.15) is 5.75 Å². The van der Waals surface area contributed by atoms with Crippen LogP contribution in [0.1, 0.15) is 17.3 Å². The molecule has 2 amide bonds. The van der Waals surface area contributed by atoms with Gasteiger partial charge in [0, 0.05) is 30.4 Å². The number of hydrogen-bond acceptors (Lipinski definition) is 7. The Morgan fingerprint density at radius 3 is 2.36 bits per heavy atom. The highest BCUT2D eigenvalue weighted by atomic mass is 16.6. The highest BCUT2D eigenvalue weighted by Crippen LogP contribution is 2.34. The van der Waals surface area contributed by atoms with E-state index in [1.165, 1.54) is 17.0 Å². The summed E-state index contributed by atoms with van der Waals surface area (Å²) in [6, 6.07) is 7.33. The fraction of sp³-hybridized carbons (Fsp3) is 0.176. The first kappa shape index (κ1) is 18.8. The van der Waals surface area contributed by atoms with E-state index in [-0.39, 0.29) is 18.1 Å². The van der Waals surface area contributed by atoms with Gasteiger partial charge in [-0.2, -0.15) is 0 Å². The van der Waals surface area contributed by atoms with Crippen molar-refractivity contribution in [1.29, 1.82) is 0 Å². The van der Waals surface area contributed by atoms with Crippen LogP contribution >= 0.6 is 0 Å². The number of benzene rings is 2. The zero-order chi connectivity index (χ0) is 20.4. The fourth-order valence-corrected chi connectivity index (χ4v) is 2.77. The van der Waals surface area contributed by atoms with Crippen LogP contribution in [-0.4, -0.2) is 34.8 Å². The zero-order valence-corrected chi connectivity index (χ0v) is 14.6. The van der Waals surface area contributed by atoms with Crippen molar-refractivity contribution in [3.8, 4) is 5.75 Å². The second-order valence-electron chi connectivity index (χ2n) is 5.82. The SMILES string of the molecule is CCN1C(=O)COc2cc(NC(=O)c3cc([N+](=O)[O-])cc([N+](=O)[O-])c3)ccc21. The van der Waals surface area contributed by atoms with E-state index in [1.54, 1.807) is 6.07 Å². The third-order valence-corrected chi connectivity index (χ3v) is 4.06. The molecule has 0 aliphatic carbocycles. The molecule has 1 aliphatic heterocycles. The average Bonchev–Trinajstić information content (AvgIpc) is 2.67. The quantitative estimate of drug-likeness (QED) is 0.614. The van der Waals surface area contributed by atoms with Gasteiger partial charge in [0.15, 0.2) is 6.61 Å². The van der Waals surface area contributed by atoms with Gasteiger partial charge in [0.2, 0.25) is 0 Å². The average molecular weight is 386 g/mol. The highest BCUT2D eigenvalue weighted by Gasteiger charge is 2.25. The Hall–Kier alpha value is -4.02. The molecular weight excluding hydrogens is 372 g/mol. The molecule has 1 heterocycles. The molecule has 144 valence electrons. The number of nitrogens with zero attached hydrogens (tertiary/aromatic N) is 3. The molecule has 28 heavy (non-hydrogen) atoms. The Bertz CT molecular complexity index is 973. The Morgan fingerprint density at radius 2 is 1.79 bits per heavy atom. The lowest BCUT2D eigenvalue weighted by Crippen LogP contribution is -2.38. The first-order valence-corrected chi connectivity index (χ1v) is 8.12. The van der Waals surface area contributed by atoms with E-state index in [9.17, 15) is 29.8 Å². The summed E-state index contributed by atoms with van der Waals surface area (Å²) in [6.07, 6.45) is 0. The van der Waals surface area contributed by atoms with E-state index in [1.807, 2.05) is 6.92 Å². The molecule has 1 N–H and O–H groups in total. The van der Waals surface area contributed by atoms with Gasteiger partial charge in [0.25, 0.3) is 23.2 Å². The minimum absolute atomic E-state index is 0.130. The second kappa shape index (κ2) is 7.31. The van der Waals surface area contributed by atoms with E-state index in [0.29, 0.717) is 23.7 Å². The molecule has 3 rings (SSSR count). The summed E-state index contributed by atoms with van der Waals surface area (Å²) in [5.74, 6) is -0.550. The van der Waals surface area contributed by atoms with Crippen LogP contribution in [0.25, 0.3) is 0 Å². The number of likely N-dealkylation sites (N-methyl/N-ethyl adjacent to an activating group) is 1. The number of ether oxygens (including phenoxy) is 1. The molecule has 0 spiro atoms. The largest absolute Gasteiger partial charge is 0.481 e. The van der Waals surface area contributed by atoms with E-state index >= 15 is 0 Å². The summed E-state index contributed by atoms with van der Waals surface area (Å²) in [5.41, 5.74) is -0.494. The molecule has 0 atom stereocenters. The molecule has 0 fully saturated rings. The van der Waals surface area contributed by atoms with E-state index in [2.05, 4.69) is 5.32 Å². The van der Waals surface area contributed by atoms with Gasteiger partial charge >= 0.3 is 0 Å². The summed E-state index contributed by atoms with van der Waals surface area (Å²) >= 11 is 0. The second-order valence-corrected chi connectivity index (χ2v) is 5.82. The molecule has 0 unspecified atom stereocenters. The normalized spacial score (nSPS) is 12.8. The number of amides is 2. The molecule has 1 aliphatic rings.